The summed E-state index contributed by atoms with van der Waals surface area (Å²) in [7, 11) is 1.70. The number of rotatable bonds is 8. The van der Waals surface area contributed by atoms with Gasteiger partial charge in [-0.15, -0.1) is 5.10 Å². The molecule has 3 rings (SSSR count). The maximum atomic E-state index is 14.6. The zero-order valence-corrected chi connectivity index (χ0v) is 14.6. The molecule has 144 valence electrons. The second-order valence-corrected chi connectivity index (χ2v) is 5.93. The lowest BCUT2D eigenvalue weighted by molar-refractivity contribution is 0.129. The second kappa shape index (κ2) is 8.08. The van der Waals surface area contributed by atoms with Gasteiger partial charge in [0.05, 0.1) is 31.3 Å². The van der Waals surface area contributed by atoms with Crippen LogP contribution in [0, 0.1) is 17.0 Å². The minimum atomic E-state index is -0.864. The van der Waals surface area contributed by atoms with E-state index in [1.807, 2.05) is 0 Å². The van der Waals surface area contributed by atoms with E-state index in [2.05, 4.69) is 15.6 Å². The van der Waals surface area contributed by atoms with Crippen molar-refractivity contribution in [1.82, 2.24) is 20.3 Å². The van der Waals surface area contributed by atoms with Crippen molar-refractivity contribution in [3.63, 3.8) is 0 Å². The number of carbonyl (C=O) groups is 1. The molecule has 0 radical (unpaired) electrons. The van der Waals surface area contributed by atoms with Crippen molar-refractivity contribution in [2.75, 3.05) is 36.5 Å². The van der Waals surface area contributed by atoms with E-state index in [0.717, 1.165) is 23.4 Å². The maximum Gasteiger partial charge on any atom is 0.414 e. The van der Waals surface area contributed by atoms with Gasteiger partial charge < -0.3 is 15.0 Å². The minimum absolute atomic E-state index is 0.0541. The smallest absolute Gasteiger partial charge is 0.414 e. The molecule has 1 saturated heterocycles. The highest BCUT2D eigenvalue weighted by molar-refractivity contribution is 5.90. The number of benzene rings is 1. The van der Waals surface area contributed by atoms with Crippen molar-refractivity contribution in [3.8, 4) is 0 Å². The van der Waals surface area contributed by atoms with Gasteiger partial charge in [0.25, 0.3) is 0 Å². The van der Waals surface area contributed by atoms with Crippen molar-refractivity contribution >= 4 is 23.8 Å². The molecule has 1 aliphatic rings. The summed E-state index contributed by atoms with van der Waals surface area (Å²) in [5.41, 5.74) is -0.283. The Kier molecular flexibility index (Phi) is 5.60. The summed E-state index contributed by atoms with van der Waals surface area (Å²) in [6, 6.07) is 2.13. The second-order valence-electron chi connectivity index (χ2n) is 5.93. The van der Waals surface area contributed by atoms with Gasteiger partial charge in [-0.1, -0.05) is 5.21 Å². The number of halogens is 2. The molecular weight excluding hydrogens is 360 g/mol. The van der Waals surface area contributed by atoms with Crippen LogP contribution >= 0.6 is 0 Å². The third-order valence-corrected chi connectivity index (χ3v) is 4.10. The van der Waals surface area contributed by atoms with Gasteiger partial charge in [0.1, 0.15) is 11.8 Å². The van der Waals surface area contributed by atoms with Crippen LogP contribution < -0.4 is 15.1 Å². The number of nitrogens with one attached hydrogen (secondary N) is 2. The standard InChI is InChI=1S/C16H19F2N7O2/c1-20-2-4-23(10-19)15-13(17)6-11(7-14(15)18)25-9-12(27-16(25)26)8-24-5-3-21-22-24/h3,5-7,10,12,19-20H,2,4,8-9H2,1H3/t12-/m0/s1. The summed E-state index contributed by atoms with van der Waals surface area (Å²) in [6.45, 7) is 1.08. The van der Waals surface area contributed by atoms with Gasteiger partial charge in [0, 0.05) is 31.4 Å². The molecule has 2 heterocycles. The first kappa shape index (κ1) is 18.7. The van der Waals surface area contributed by atoms with Crippen LogP contribution in [-0.4, -0.2) is 60.2 Å². The summed E-state index contributed by atoms with van der Waals surface area (Å²) in [5.74, 6) is -1.73. The number of hydrogen-bond donors (Lipinski definition) is 2. The lowest BCUT2D eigenvalue weighted by atomic mass is 10.2. The molecule has 1 aromatic carbocycles. The molecule has 2 N–H and O–H groups in total. The lowest BCUT2D eigenvalue weighted by Gasteiger charge is -2.22. The highest BCUT2D eigenvalue weighted by Gasteiger charge is 2.34. The summed E-state index contributed by atoms with van der Waals surface area (Å²) < 4.78 is 35.8. The number of amides is 1. The number of hydrogen-bond acceptors (Lipinski definition) is 6. The molecule has 0 spiro atoms. The fourth-order valence-corrected chi connectivity index (χ4v) is 2.82. The molecule has 9 nitrogen and oxygen atoms in total. The van der Waals surface area contributed by atoms with Crippen LogP contribution in [0.3, 0.4) is 0 Å². The van der Waals surface area contributed by atoms with E-state index in [0.29, 0.717) is 6.54 Å². The molecule has 0 aliphatic carbocycles. The average Bonchev–Trinajstić information content (AvgIpc) is 3.27. The number of nitrogens with zero attached hydrogens (tertiary/aromatic N) is 5. The number of anilines is 2. The topological polar surface area (TPSA) is 99.4 Å². The van der Waals surface area contributed by atoms with E-state index in [-0.39, 0.29) is 31.0 Å². The van der Waals surface area contributed by atoms with Crippen LogP contribution in [0.1, 0.15) is 0 Å². The predicted molar refractivity (Wildman–Crippen MR) is 94.1 cm³/mol. The molecule has 0 bridgehead atoms. The van der Waals surface area contributed by atoms with Crippen LogP contribution in [0.15, 0.2) is 24.5 Å². The molecule has 1 fully saturated rings. The quantitative estimate of drug-likeness (QED) is 0.528. The minimum Gasteiger partial charge on any atom is -0.442 e. The zero-order valence-electron chi connectivity index (χ0n) is 14.6. The number of aromatic nitrogens is 3. The van der Waals surface area contributed by atoms with Crippen LogP contribution in [0.5, 0.6) is 0 Å². The van der Waals surface area contributed by atoms with Crippen LogP contribution in [-0.2, 0) is 11.3 Å². The van der Waals surface area contributed by atoms with E-state index in [4.69, 9.17) is 10.1 Å². The van der Waals surface area contributed by atoms with E-state index in [9.17, 15) is 13.6 Å². The summed E-state index contributed by atoms with van der Waals surface area (Å²) in [4.78, 5) is 14.4. The Balaban J connectivity index is 1.79. The molecule has 11 heteroatoms. The summed E-state index contributed by atoms with van der Waals surface area (Å²) in [6.07, 6.45) is 2.78. The Morgan fingerprint density at radius 1 is 1.44 bits per heavy atom. The van der Waals surface area contributed by atoms with Gasteiger partial charge >= 0.3 is 6.09 Å². The van der Waals surface area contributed by atoms with Gasteiger partial charge in [-0.25, -0.2) is 18.3 Å². The molecule has 1 atom stereocenters. The summed E-state index contributed by atoms with van der Waals surface area (Å²) >= 11 is 0. The number of ether oxygens (including phenoxy) is 1. The van der Waals surface area contributed by atoms with Crippen LogP contribution in [0.25, 0.3) is 0 Å². The zero-order chi connectivity index (χ0) is 19.4. The predicted octanol–water partition coefficient (Wildman–Crippen LogP) is 1.21. The molecule has 1 aromatic heterocycles. The Morgan fingerprint density at radius 2 is 2.19 bits per heavy atom. The molecular formula is C16H19F2N7O2. The maximum absolute atomic E-state index is 14.6. The van der Waals surface area contributed by atoms with Gasteiger partial charge in [0.15, 0.2) is 11.6 Å². The van der Waals surface area contributed by atoms with Crippen molar-refractivity contribution in [2.24, 2.45) is 0 Å². The first-order valence-electron chi connectivity index (χ1n) is 8.26. The van der Waals surface area contributed by atoms with Gasteiger partial charge in [-0.05, 0) is 7.05 Å². The Hall–Kier alpha value is -3.08. The molecule has 1 aliphatic heterocycles. The molecule has 0 saturated carbocycles. The van der Waals surface area contributed by atoms with Gasteiger partial charge in [0.2, 0.25) is 0 Å². The Morgan fingerprint density at radius 3 is 2.78 bits per heavy atom. The van der Waals surface area contributed by atoms with E-state index in [1.54, 1.807) is 13.2 Å². The third-order valence-electron chi connectivity index (χ3n) is 4.10. The highest BCUT2D eigenvalue weighted by Crippen LogP contribution is 2.30. The van der Waals surface area contributed by atoms with Crippen molar-refractivity contribution in [1.29, 1.82) is 5.41 Å². The molecule has 0 unspecified atom stereocenters. The van der Waals surface area contributed by atoms with Crippen molar-refractivity contribution in [3.05, 3.63) is 36.2 Å². The summed E-state index contributed by atoms with van der Waals surface area (Å²) in [5, 5.41) is 17.7. The first-order valence-corrected chi connectivity index (χ1v) is 8.26. The van der Waals surface area contributed by atoms with Crippen LogP contribution in [0.2, 0.25) is 0 Å². The van der Waals surface area contributed by atoms with E-state index >= 15 is 0 Å². The molecule has 27 heavy (non-hydrogen) atoms. The Labute approximate surface area is 154 Å². The number of likely N-dealkylation sites (N-methyl/N-ethyl adjacent to an activating group) is 1. The van der Waals surface area contributed by atoms with Crippen LogP contribution in [0.4, 0.5) is 25.0 Å². The average molecular weight is 379 g/mol. The number of carbonyl (C=O) groups excluding carboxylic acids is 1. The van der Waals surface area contributed by atoms with E-state index in [1.165, 1.54) is 15.8 Å². The third kappa shape index (κ3) is 4.03. The number of cyclic esters (lactones) is 1. The largest absolute Gasteiger partial charge is 0.442 e. The fourth-order valence-electron chi connectivity index (χ4n) is 2.82. The SMILES string of the molecule is CNCCN(C=N)c1c(F)cc(N2C[C@H](Cn3ccnn3)OC2=O)cc1F. The highest BCUT2D eigenvalue weighted by atomic mass is 19.1. The molecule has 2 aromatic rings. The van der Waals surface area contributed by atoms with Crippen molar-refractivity contribution in [2.45, 2.75) is 12.6 Å². The Bertz CT molecular complexity index is 792. The molecule has 1 amide bonds. The van der Waals surface area contributed by atoms with Gasteiger partial charge in [-0.2, -0.15) is 0 Å². The monoisotopic (exact) mass is 379 g/mol. The van der Waals surface area contributed by atoms with E-state index < -0.39 is 23.8 Å². The fraction of sp³-hybridized carbons (Fsp3) is 0.375. The van der Waals surface area contributed by atoms with Crippen molar-refractivity contribution < 1.29 is 18.3 Å². The lowest BCUT2D eigenvalue weighted by Crippen LogP contribution is -2.31. The van der Waals surface area contributed by atoms with Gasteiger partial charge in [-0.3, -0.25) is 10.3 Å². The normalized spacial score (nSPS) is 16.5. The first-order chi connectivity index (χ1) is 13.0.